The molecule has 94 valence electrons. The van der Waals surface area contributed by atoms with Crippen molar-refractivity contribution >= 4 is 11.8 Å². The second-order valence-electron chi connectivity index (χ2n) is 3.89. The summed E-state index contributed by atoms with van der Waals surface area (Å²) in [4.78, 5) is 1.07. The molecule has 0 aliphatic heterocycles. The average molecular weight is 265 g/mol. The van der Waals surface area contributed by atoms with E-state index >= 15 is 0 Å². The van der Waals surface area contributed by atoms with E-state index in [0.29, 0.717) is 12.3 Å². The van der Waals surface area contributed by atoms with Crippen LogP contribution in [-0.4, -0.2) is 0 Å². The topological polar surface area (TPSA) is 26.0 Å². The van der Waals surface area contributed by atoms with Crippen molar-refractivity contribution in [3.8, 4) is 0 Å². The summed E-state index contributed by atoms with van der Waals surface area (Å²) in [6, 6.07) is 11.9. The lowest BCUT2D eigenvalue weighted by Crippen LogP contribution is -1.95. The van der Waals surface area contributed by atoms with Crippen molar-refractivity contribution < 1.29 is 8.78 Å². The standard InChI is InChI=1S/C14H13F2NS/c15-13-5-4-11(7-14(13)16)9-18-12-3-1-2-10(6-12)8-17/h1-7H,8-9,17H2. The zero-order valence-corrected chi connectivity index (χ0v) is 10.5. The fourth-order valence-corrected chi connectivity index (χ4v) is 2.48. The largest absolute Gasteiger partial charge is 0.326 e. The van der Waals surface area contributed by atoms with Gasteiger partial charge in [0.25, 0.3) is 0 Å². The third-order valence-electron chi connectivity index (χ3n) is 2.52. The molecular weight excluding hydrogens is 252 g/mol. The summed E-state index contributed by atoms with van der Waals surface area (Å²) in [6.45, 7) is 0.500. The molecule has 0 aromatic heterocycles. The van der Waals surface area contributed by atoms with E-state index in [4.69, 9.17) is 5.73 Å². The lowest BCUT2D eigenvalue weighted by atomic mass is 10.2. The number of hydrogen-bond donors (Lipinski definition) is 1. The molecule has 0 bridgehead atoms. The van der Waals surface area contributed by atoms with Crippen LogP contribution in [0.2, 0.25) is 0 Å². The molecule has 0 aliphatic carbocycles. The predicted octanol–water partition coefficient (Wildman–Crippen LogP) is 3.72. The molecule has 0 amide bonds. The van der Waals surface area contributed by atoms with E-state index < -0.39 is 11.6 Å². The zero-order chi connectivity index (χ0) is 13.0. The Hall–Kier alpha value is -1.39. The zero-order valence-electron chi connectivity index (χ0n) is 9.70. The molecule has 1 nitrogen and oxygen atoms in total. The molecule has 0 atom stereocenters. The molecule has 0 spiro atoms. The van der Waals surface area contributed by atoms with Crippen LogP contribution >= 0.6 is 11.8 Å². The highest BCUT2D eigenvalue weighted by molar-refractivity contribution is 7.98. The molecule has 2 aromatic carbocycles. The van der Waals surface area contributed by atoms with Crippen LogP contribution < -0.4 is 5.73 Å². The van der Waals surface area contributed by atoms with Crippen molar-refractivity contribution in [3.63, 3.8) is 0 Å². The lowest BCUT2D eigenvalue weighted by molar-refractivity contribution is 0.507. The molecule has 0 radical (unpaired) electrons. The van der Waals surface area contributed by atoms with Gasteiger partial charge in [0.15, 0.2) is 11.6 Å². The summed E-state index contributed by atoms with van der Waals surface area (Å²) >= 11 is 1.57. The van der Waals surface area contributed by atoms with Gasteiger partial charge in [-0.05, 0) is 35.4 Å². The highest BCUT2D eigenvalue weighted by Gasteiger charge is 2.03. The number of hydrogen-bond acceptors (Lipinski definition) is 2. The third-order valence-corrected chi connectivity index (χ3v) is 3.59. The van der Waals surface area contributed by atoms with E-state index in [-0.39, 0.29) is 0 Å². The van der Waals surface area contributed by atoms with Crippen LogP contribution in [-0.2, 0) is 12.3 Å². The Morgan fingerprint density at radius 1 is 0.944 bits per heavy atom. The van der Waals surface area contributed by atoms with Crippen molar-refractivity contribution in [2.45, 2.75) is 17.2 Å². The van der Waals surface area contributed by atoms with Gasteiger partial charge in [0, 0.05) is 17.2 Å². The van der Waals surface area contributed by atoms with Crippen LogP contribution in [0.15, 0.2) is 47.4 Å². The minimum atomic E-state index is -0.811. The second kappa shape index (κ2) is 5.98. The van der Waals surface area contributed by atoms with Gasteiger partial charge in [-0.25, -0.2) is 8.78 Å². The van der Waals surface area contributed by atoms with Gasteiger partial charge in [0.1, 0.15) is 0 Å². The number of thioether (sulfide) groups is 1. The van der Waals surface area contributed by atoms with Gasteiger partial charge >= 0.3 is 0 Å². The summed E-state index contributed by atoms with van der Waals surface area (Å²) in [5.41, 5.74) is 7.38. The fourth-order valence-electron chi connectivity index (χ4n) is 1.56. The van der Waals surface area contributed by atoms with Gasteiger partial charge in [-0.3, -0.25) is 0 Å². The summed E-state index contributed by atoms with van der Waals surface area (Å²) < 4.78 is 25.8. The second-order valence-corrected chi connectivity index (χ2v) is 4.94. The first-order valence-corrected chi connectivity index (χ1v) is 6.53. The van der Waals surface area contributed by atoms with Crippen molar-refractivity contribution in [2.75, 3.05) is 0 Å². The van der Waals surface area contributed by atoms with Gasteiger partial charge in [-0.2, -0.15) is 0 Å². The maximum atomic E-state index is 13.0. The van der Waals surface area contributed by atoms with Crippen molar-refractivity contribution in [1.29, 1.82) is 0 Å². The Balaban J connectivity index is 2.04. The van der Waals surface area contributed by atoms with Crippen LogP contribution in [0.3, 0.4) is 0 Å². The van der Waals surface area contributed by atoms with Crippen LogP contribution in [0.1, 0.15) is 11.1 Å². The Bertz CT molecular complexity index is 543. The highest BCUT2D eigenvalue weighted by Crippen LogP contribution is 2.24. The molecule has 0 fully saturated rings. The Morgan fingerprint density at radius 2 is 1.78 bits per heavy atom. The number of benzene rings is 2. The molecule has 18 heavy (non-hydrogen) atoms. The predicted molar refractivity (Wildman–Crippen MR) is 70.3 cm³/mol. The third kappa shape index (κ3) is 3.31. The molecule has 2 N–H and O–H groups in total. The van der Waals surface area contributed by atoms with E-state index in [1.807, 2.05) is 24.3 Å². The summed E-state index contributed by atoms with van der Waals surface area (Å²) in [7, 11) is 0. The molecular formula is C14H13F2NS. The first-order valence-electron chi connectivity index (χ1n) is 5.55. The van der Waals surface area contributed by atoms with Gasteiger partial charge in [0.2, 0.25) is 0 Å². The van der Waals surface area contributed by atoms with Crippen LogP contribution in [0.4, 0.5) is 8.78 Å². The number of nitrogens with two attached hydrogens (primary N) is 1. The van der Waals surface area contributed by atoms with E-state index in [0.717, 1.165) is 22.1 Å². The molecule has 0 unspecified atom stereocenters. The molecule has 2 rings (SSSR count). The first kappa shape index (κ1) is 13.1. The molecule has 0 aliphatic rings. The number of rotatable bonds is 4. The maximum absolute atomic E-state index is 13.0. The van der Waals surface area contributed by atoms with Crippen LogP contribution in [0, 0.1) is 11.6 Å². The Labute approximate surface area is 109 Å². The summed E-state index contributed by atoms with van der Waals surface area (Å²) in [5.74, 6) is -1.01. The molecule has 2 aromatic rings. The summed E-state index contributed by atoms with van der Waals surface area (Å²) in [5, 5.41) is 0. The van der Waals surface area contributed by atoms with E-state index in [1.54, 1.807) is 17.8 Å². The average Bonchev–Trinajstić information content (AvgIpc) is 2.40. The van der Waals surface area contributed by atoms with E-state index in [9.17, 15) is 8.78 Å². The molecule has 4 heteroatoms. The van der Waals surface area contributed by atoms with Gasteiger partial charge in [0.05, 0.1) is 0 Å². The van der Waals surface area contributed by atoms with E-state index in [1.165, 1.54) is 6.07 Å². The van der Waals surface area contributed by atoms with Gasteiger partial charge in [-0.1, -0.05) is 18.2 Å². The quantitative estimate of drug-likeness (QED) is 0.853. The van der Waals surface area contributed by atoms with Crippen molar-refractivity contribution in [1.82, 2.24) is 0 Å². The molecule has 0 saturated carbocycles. The smallest absolute Gasteiger partial charge is 0.159 e. The molecule has 0 heterocycles. The lowest BCUT2D eigenvalue weighted by Gasteiger charge is -2.04. The van der Waals surface area contributed by atoms with Crippen LogP contribution in [0.5, 0.6) is 0 Å². The van der Waals surface area contributed by atoms with Crippen molar-refractivity contribution in [2.24, 2.45) is 5.73 Å². The summed E-state index contributed by atoms with van der Waals surface area (Å²) in [6.07, 6.45) is 0. The number of halogens is 2. The minimum Gasteiger partial charge on any atom is -0.326 e. The maximum Gasteiger partial charge on any atom is 0.159 e. The van der Waals surface area contributed by atoms with Gasteiger partial charge < -0.3 is 5.73 Å². The molecule has 0 saturated heterocycles. The van der Waals surface area contributed by atoms with Gasteiger partial charge in [-0.15, -0.1) is 11.8 Å². The van der Waals surface area contributed by atoms with Crippen LogP contribution in [0.25, 0.3) is 0 Å². The fraction of sp³-hybridized carbons (Fsp3) is 0.143. The highest BCUT2D eigenvalue weighted by atomic mass is 32.2. The van der Waals surface area contributed by atoms with Crippen molar-refractivity contribution in [3.05, 3.63) is 65.2 Å². The SMILES string of the molecule is NCc1cccc(SCc2ccc(F)c(F)c2)c1. The monoisotopic (exact) mass is 265 g/mol. The minimum absolute atomic E-state index is 0.500. The van der Waals surface area contributed by atoms with E-state index in [2.05, 4.69) is 0 Å². The first-order chi connectivity index (χ1) is 8.69. The Morgan fingerprint density at radius 3 is 2.50 bits per heavy atom. The normalized spacial score (nSPS) is 10.6. The Kier molecular flexibility index (Phi) is 4.33.